The van der Waals surface area contributed by atoms with Crippen LogP contribution in [-0.4, -0.2) is 34.8 Å². The molecule has 1 amide bonds. The van der Waals surface area contributed by atoms with Crippen LogP contribution < -0.4 is 0 Å². The Kier molecular flexibility index (Phi) is 6.75. The molecule has 0 spiro atoms. The maximum atomic E-state index is 11.8. The van der Waals surface area contributed by atoms with Crippen molar-refractivity contribution in [3.8, 4) is 0 Å². The highest BCUT2D eigenvalue weighted by molar-refractivity contribution is 9.10. The summed E-state index contributed by atoms with van der Waals surface area (Å²) >= 11 is 4.92. The van der Waals surface area contributed by atoms with Gasteiger partial charge in [-0.3, -0.25) is 4.79 Å². The van der Waals surface area contributed by atoms with Gasteiger partial charge >= 0.3 is 0 Å². The van der Waals surface area contributed by atoms with Crippen molar-refractivity contribution in [1.29, 1.82) is 0 Å². The van der Waals surface area contributed by atoms with Crippen molar-refractivity contribution < 1.29 is 9.90 Å². The Balaban J connectivity index is 2.58. The molecule has 0 radical (unpaired) electrons. The van der Waals surface area contributed by atoms with Crippen LogP contribution in [0.5, 0.6) is 0 Å². The van der Waals surface area contributed by atoms with E-state index in [4.69, 9.17) is 5.11 Å². The van der Waals surface area contributed by atoms with Crippen LogP contribution in [0.1, 0.15) is 19.4 Å². The molecule has 1 aromatic rings. The van der Waals surface area contributed by atoms with E-state index >= 15 is 0 Å². The molecule has 0 saturated heterocycles. The standard InChI is InChI=1S/C13H18BrNO2S/c1-3-15(4-2)13(17)9-18-11-6-5-10(8-16)12(14)7-11/h5-7,16H,3-4,8-9H2,1-2H3. The summed E-state index contributed by atoms with van der Waals surface area (Å²) in [5.74, 6) is 0.611. The average Bonchev–Trinajstić information content (AvgIpc) is 2.38. The monoisotopic (exact) mass is 331 g/mol. The quantitative estimate of drug-likeness (QED) is 0.815. The molecule has 0 unspecified atom stereocenters. The minimum atomic E-state index is 0.0178. The van der Waals surface area contributed by atoms with Gasteiger partial charge < -0.3 is 10.0 Å². The predicted octanol–water partition coefficient (Wildman–Crippen LogP) is 2.90. The third-order valence-electron chi connectivity index (χ3n) is 2.67. The van der Waals surface area contributed by atoms with Crippen molar-refractivity contribution in [3.63, 3.8) is 0 Å². The lowest BCUT2D eigenvalue weighted by molar-refractivity contribution is -0.127. The molecule has 0 aromatic heterocycles. The van der Waals surface area contributed by atoms with E-state index in [1.54, 1.807) is 0 Å². The first-order valence-electron chi connectivity index (χ1n) is 5.92. The smallest absolute Gasteiger partial charge is 0.232 e. The number of rotatable bonds is 6. The molecule has 5 heteroatoms. The molecule has 0 aliphatic rings. The molecule has 0 atom stereocenters. The third-order valence-corrected chi connectivity index (χ3v) is 4.39. The molecule has 100 valence electrons. The zero-order valence-corrected chi connectivity index (χ0v) is 13.1. The summed E-state index contributed by atoms with van der Waals surface area (Å²) in [5, 5.41) is 9.07. The number of benzene rings is 1. The van der Waals surface area contributed by atoms with Crippen LogP contribution in [0.2, 0.25) is 0 Å². The molecule has 0 aliphatic heterocycles. The SMILES string of the molecule is CCN(CC)C(=O)CSc1ccc(CO)c(Br)c1. The third kappa shape index (κ3) is 4.30. The molecular weight excluding hydrogens is 314 g/mol. The van der Waals surface area contributed by atoms with E-state index in [2.05, 4.69) is 15.9 Å². The number of halogens is 1. The van der Waals surface area contributed by atoms with E-state index in [-0.39, 0.29) is 12.5 Å². The lowest BCUT2D eigenvalue weighted by Gasteiger charge is -2.18. The molecule has 0 fully saturated rings. The number of amides is 1. The van der Waals surface area contributed by atoms with E-state index in [0.29, 0.717) is 5.75 Å². The van der Waals surface area contributed by atoms with E-state index in [9.17, 15) is 4.79 Å². The van der Waals surface area contributed by atoms with Crippen LogP contribution in [0, 0.1) is 0 Å². The van der Waals surface area contributed by atoms with Crippen LogP contribution in [0.25, 0.3) is 0 Å². The lowest BCUT2D eigenvalue weighted by atomic mass is 10.2. The second kappa shape index (κ2) is 7.81. The van der Waals surface area contributed by atoms with Crippen LogP contribution in [0.3, 0.4) is 0 Å². The fraction of sp³-hybridized carbons (Fsp3) is 0.462. The number of hydrogen-bond donors (Lipinski definition) is 1. The molecule has 0 aliphatic carbocycles. The Morgan fingerprint density at radius 3 is 2.56 bits per heavy atom. The van der Waals surface area contributed by atoms with Crippen molar-refractivity contribution in [2.24, 2.45) is 0 Å². The lowest BCUT2D eigenvalue weighted by Crippen LogP contribution is -2.31. The molecule has 0 heterocycles. The number of aliphatic hydroxyl groups is 1. The molecule has 18 heavy (non-hydrogen) atoms. The number of aliphatic hydroxyl groups excluding tert-OH is 1. The number of carbonyl (C=O) groups is 1. The average molecular weight is 332 g/mol. The van der Waals surface area contributed by atoms with E-state index in [0.717, 1.165) is 28.0 Å². The molecule has 0 bridgehead atoms. The zero-order chi connectivity index (χ0) is 13.5. The Bertz CT molecular complexity index is 408. The predicted molar refractivity (Wildman–Crippen MR) is 78.7 cm³/mol. The minimum absolute atomic E-state index is 0.0178. The largest absolute Gasteiger partial charge is 0.392 e. The molecule has 3 nitrogen and oxygen atoms in total. The van der Waals surface area contributed by atoms with Gasteiger partial charge in [-0.2, -0.15) is 0 Å². The van der Waals surface area contributed by atoms with Gasteiger partial charge in [0.05, 0.1) is 12.4 Å². The molecule has 1 rings (SSSR count). The first kappa shape index (κ1) is 15.5. The molecule has 1 aromatic carbocycles. The normalized spacial score (nSPS) is 10.4. The summed E-state index contributed by atoms with van der Waals surface area (Å²) in [6, 6.07) is 5.73. The number of thioether (sulfide) groups is 1. The van der Waals surface area contributed by atoms with Crippen molar-refractivity contribution >= 4 is 33.6 Å². The van der Waals surface area contributed by atoms with Crippen molar-refractivity contribution in [3.05, 3.63) is 28.2 Å². The topological polar surface area (TPSA) is 40.5 Å². The summed E-state index contributed by atoms with van der Waals surface area (Å²) in [5.41, 5.74) is 0.856. The summed E-state index contributed by atoms with van der Waals surface area (Å²) in [6.07, 6.45) is 0. The highest BCUT2D eigenvalue weighted by atomic mass is 79.9. The van der Waals surface area contributed by atoms with Gasteiger partial charge in [-0.25, -0.2) is 0 Å². The summed E-state index contributed by atoms with van der Waals surface area (Å²) in [4.78, 5) is 14.7. The Labute approximate surface area is 121 Å². The molecule has 0 saturated carbocycles. The highest BCUT2D eigenvalue weighted by Gasteiger charge is 2.10. The highest BCUT2D eigenvalue weighted by Crippen LogP contribution is 2.25. The van der Waals surface area contributed by atoms with Gasteiger partial charge in [-0.1, -0.05) is 22.0 Å². The fourth-order valence-electron chi connectivity index (χ4n) is 1.56. The van der Waals surface area contributed by atoms with Crippen LogP contribution in [-0.2, 0) is 11.4 Å². The number of hydrogen-bond acceptors (Lipinski definition) is 3. The maximum absolute atomic E-state index is 11.8. The van der Waals surface area contributed by atoms with Crippen LogP contribution in [0.4, 0.5) is 0 Å². The van der Waals surface area contributed by atoms with Crippen molar-refractivity contribution in [2.45, 2.75) is 25.3 Å². The molecule has 1 N–H and O–H groups in total. The first-order chi connectivity index (χ1) is 8.62. The van der Waals surface area contributed by atoms with Crippen molar-refractivity contribution in [1.82, 2.24) is 4.90 Å². The molecular formula is C13H18BrNO2S. The second-order valence-electron chi connectivity index (χ2n) is 3.77. The van der Waals surface area contributed by atoms with Gasteiger partial charge in [0, 0.05) is 22.5 Å². The Morgan fingerprint density at radius 1 is 1.39 bits per heavy atom. The number of nitrogens with zero attached hydrogens (tertiary/aromatic N) is 1. The van der Waals surface area contributed by atoms with Gasteiger partial charge in [0.1, 0.15) is 0 Å². The van der Waals surface area contributed by atoms with E-state index in [1.807, 2.05) is 36.9 Å². The summed E-state index contributed by atoms with van der Waals surface area (Å²) in [6.45, 7) is 5.49. The van der Waals surface area contributed by atoms with Gasteiger partial charge in [0.15, 0.2) is 0 Å². The first-order valence-corrected chi connectivity index (χ1v) is 7.70. The van der Waals surface area contributed by atoms with Gasteiger partial charge in [0.2, 0.25) is 5.91 Å². The second-order valence-corrected chi connectivity index (χ2v) is 5.67. The zero-order valence-electron chi connectivity index (χ0n) is 10.6. The van der Waals surface area contributed by atoms with Gasteiger partial charge in [0.25, 0.3) is 0 Å². The van der Waals surface area contributed by atoms with Crippen molar-refractivity contribution in [2.75, 3.05) is 18.8 Å². The Hall–Kier alpha value is -0.520. The van der Waals surface area contributed by atoms with E-state index < -0.39 is 0 Å². The number of carbonyl (C=O) groups excluding carboxylic acids is 1. The van der Waals surface area contributed by atoms with Crippen LogP contribution in [0.15, 0.2) is 27.6 Å². The van der Waals surface area contributed by atoms with Crippen LogP contribution >= 0.6 is 27.7 Å². The summed E-state index contributed by atoms with van der Waals surface area (Å²) in [7, 11) is 0. The maximum Gasteiger partial charge on any atom is 0.232 e. The fourth-order valence-corrected chi connectivity index (χ4v) is 3.05. The summed E-state index contributed by atoms with van der Waals surface area (Å²) < 4.78 is 0.880. The minimum Gasteiger partial charge on any atom is -0.392 e. The van der Waals surface area contributed by atoms with E-state index in [1.165, 1.54) is 11.8 Å². The van der Waals surface area contributed by atoms with Gasteiger partial charge in [-0.15, -0.1) is 11.8 Å². The van der Waals surface area contributed by atoms with Gasteiger partial charge in [-0.05, 0) is 31.5 Å². The Morgan fingerprint density at radius 2 is 2.06 bits per heavy atom.